The maximum Gasteiger partial charge on any atom is 0.261 e. The third-order valence-corrected chi connectivity index (χ3v) is 12.1. The van der Waals surface area contributed by atoms with Crippen molar-refractivity contribution in [1.82, 2.24) is 4.98 Å². The Hall–Kier alpha value is -2.38. The van der Waals surface area contributed by atoms with E-state index in [-0.39, 0.29) is 11.1 Å². The summed E-state index contributed by atoms with van der Waals surface area (Å²) in [5, 5.41) is 12.9. The summed E-state index contributed by atoms with van der Waals surface area (Å²) in [5.41, 5.74) is 1.74. The number of aliphatic hydroxyl groups is 1. The molecule has 0 saturated carbocycles. The first kappa shape index (κ1) is 25.7. The highest BCUT2D eigenvalue weighted by Crippen LogP contribution is 2.41. The highest BCUT2D eigenvalue weighted by Gasteiger charge is 2.50. The van der Waals surface area contributed by atoms with Crippen molar-refractivity contribution in [2.24, 2.45) is 0 Å². The Morgan fingerprint density at radius 2 is 1.54 bits per heavy atom. The summed E-state index contributed by atoms with van der Waals surface area (Å²) >= 11 is 6.74. The lowest BCUT2D eigenvalue weighted by atomic mass is 10.1. The Kier molecular flexibility index (Phi) is 7.86. The molecule has 0 spiro atoms. The van der Waals surface area contributed by atoms with Gasteiger partial charge in [-0.1, -0.05) is 93.0 Å². The molecule has 0 unspecified atom stereocenters. The second-order valence-corrected chi connectivity index (χ2v) is 14.8. The lowest BCUT2D eigenvalue weighted by Gasteiger charge is -2.43. The maximum atomic E-state index is 10.0. The smallest absolute Gasteiger partial charge is 0.261 e. The number of pyridine rings is 1. The highest BCUT2D eigenvalue weighted by atomic mass is 35.5. The first-order chi connectivity index (χ1) is 16.8. The second kappa shape index (κ2) is 10.7. The molecule has 7 heteroatoms. The van der Waals surface area contributed by atoms with Crippen LogP contribution in [0.15, 0.2) is 66.9 Å². The lowest BCUT2D eigenvalue weighted by molar-refractivity contribution is 0.145. The topological polar surface area (TPSA) is 54.8 Å². The Morgan fingerprint density at radius 3 is 2.03 bits per heavy atom. The van der Waals surface area contributed by atoms with Crippen LogP contribution in [0.4, 0.5) is 5.69 Å². The molecule has 1 N–H and O–H groups in total. The van der Waals surface area contributed by atoms with E-state index in [1.165, 1.54) is 10.4 Å². The first-order valence-corrected chi connectivity index (χ1v) is 14.5. The van der Waals surface area contributed by atoms with E-state index in [0.29, 0.717) is 30.4 Å². The molecule has 0 radical (unpaired) electrons. The van der Waals surface area contributed by atoms with Gasteiger partial charge in [0.1, 0.15) is 0 Å². The van der Waals surface area contributed by atoms with Gasteiger partial charge in [-0.15, -0.1) is 0 Å². The van der Waals surface area contributed by atoms with Gasteiger partial charge in [0.2, 0.25) is 5.88 Å². The molecule has 1 saturated heterocycles. The number of piperidine rings is 1. The summed E-state index contributed by atoms with van der Waals surface area (Å²) < 4.78 is 12.9. The molecule has 0 atom stereocenters. The van der Waals surface area contributed by atoms with Crippen LogP contribution < -0.4 is 20.0 Å². The summed E-state index contributed by atoms with van der Waals surface area (Å²) in [7, 11) is -1.12. The third kappa shape index (κ3) is 5.12. The van der Waals surface area contributed by atoms with E-state index in [1.807, 2.05) is 12.1 Å². The number of halogens is 1. The maximum absolute atomic E-state index is 10.0. The molecule has 0 amide bonds. The number of anilines is 1. The molecule has 0 bridgehead atoms. The number of ether oxygens (including phenoxy) is 1. The van der Waals surface area contributed by atoms with Crippen LogP contribution in [-0.2, 0) is 11.0 Å². The number of rotatable bonds is 7. The van der Waals surface area contributed by atoms with Gasteiger partial charge in [0.05, 0.1) is 42.3 Å². The fourth-order valence-corrected chi connectivity index (χ4v) is 9.98. The van der Waals surface area contributed by atoms with Gasteiger partial charge in [-0.2, -0.15) is 0 Å². The van der Waals surface area contributed by atoms with E-state index in [4.69, 9.17) is 20.8 Å². The molecule has 1 aromatic heterocycles. The van der Waals surface area contributed by atoms with Crippen LogP contribution >= 0.6 is 11.6 Å². The molecular weight excluding hydrogens is 476 g/mol. The van der Waals surface area contributed by atoms with E-state index in [2.05, 4.69) is 79.2 Å². The van der Waals surface area contributed by atoms with Crippen molar-refractivity contribution < 1.29 is 14.3 Å². The zero-order valence-corrected chi connectivity index (χ0v) is 22.8. The van der Waals surface area contributed by atoms with Gasteiger partial charge in [0, 0.05) is 13.1 Å². The van der Waals surface area contributed by atoms with Crippen molar-refractivity contribution in [1.29, 1.82) is 0 Å². The van der Waals surface area contributed by atoms with E-state index in [0.717, 1.165) is 24.3 Å². The van der Waals surface area contributed by atoms with Gasteiger partial charge in [0.25, 0.3) is 8.32 Å². The van der Waals surface area contributed by atoms with Crippen LogP contribution in [0.25, 0.3) is 0 Å². The molecule has 2 aromatic carbocycles. The molecule has 186 valence electrons. The largest absolute Gasteiger partial charge is 0.481 e. The van der Waals surface area contributed by atoms with Crippen LogP contribution in [0, 0.1) is 0 Å². The third-order valence-electron chi connectivity index (χ3n) is 6.89. The Balaban J connectivity index is 1.82. The van der Waals surface area contributed by atoms with Gasteiger partial charge in [-0.3, -0.25) is 0 Å². The van der Waals surface area contributed by atoms with E-state index in [9.17, 15) is 5.11 Å². The minimum atomic E-state index is -2.75. The number of nitrogens with zero attached hydrogens (tertiary/aromatic N) is 2. The van der Waals surface area contributed by atoms with Gasteiger partial charge in [-0.05, 0) is 28.3 Å². The van der Waals surface area contributed by atoms with Crippen LogP contribution in [0.1, 0.15) is 39.2 Å². The average Bonchev–Trinajstić information content (AvgIpc) is 2.86. The Bertz CT molecular complexity index is 1070. The molecule has 1 fully saturated rings. The summed E-state index contributed by atoms with van der Waals surface area (Å²) in [4.78, 5) is 6.71. The quantitative estimate of drug-likeness (QED) is 0.463. The minimum Gasteiger partial charge on any atom is -0.481 e. The molecule has 2 heterocycles. The molecule has 0 aliphatic carbocycles. The zero-order chi connectivity index (χ0) is 25.1. The molecule has 1 aliphatic heterocycles. The Morgan fingerprint density at radius 1 is 1.00 bits per heavy atom. The predicted molar refractivity (Wildman–Crippen MR) is 146 cm³/mol. The molecule has 5 nitrogen and oxygen atoms in total. The van der Waals surface area contributed by atoms with Crippen molar-refractivity contribution in [2.45, 2.75) is 51.4 Å². The van der Waals surface area contributed by atoms with Gasteiger partial charge >= 0.3 is 0 Å². The summed E-state index contributed by atoms with van der Waals surface area (Å²) in [6.45, 7) is 8.55. The van der Waals surface area contributed by atoms with Crippen molar-refractivity contribution in [2.75, 3.05) is 25.1 Å². The summed E-state index contributed by atoms with van der Waals surface area (Å²) in [6, 6.07) is 21.2. The average molecular weight is 511 g/mol. The molecule has 4 rings (SSSR count). The number of hydrogen-bond acceptors (Lipinski definition) is 5. The van der Waals surface area contributed by atoms with Crippen molar-refractivity contribution in [3.05, 3.63) is 77.4 Å². The predicted octanol–water partition coefficient (Wildman–Crippen LogP) is 4.78. The molecular formula is C28H35ClN2O3Si. The SMILES string of the molecule is COc1ncc(Cl)c(N2CCC(O)CC2)c1CO[Si](c1ccccc1)(c1ccccc1)C(C)(C)C. The van der Waals surface area contributed by atoms with Gasteiger partial charge < -0.3 is 19.2 Å². The second-order valence-electron chi connectivity index (χ2n) is 10.1. The number of benzene rings is 2. The van der Waals surface area contributed by atoms with Crippen LogP contribution in [0.3, 0.4) is 0 Å². The molecule has 3 aromatic rings. The summed E-state index contributed by atoms with van der Waals surface area (Å²) in [5.74, 6) is 0.522. The zero-order valence-electron chi connectivity index (χ0n) is 21.0. The number of aliphatic hydroxyl groups excluding tert-OH is 1. The van der Waals surface area contributed by atoms with Crippen molar-refractivity contribution in [3.63, 3.8) is 0 Å². The number of hydrogen-bond donors (Lipinski definition) is 1. The first-order valence-electron chi connectivity index (χ1n) is 12.2. The number of aromatic nitrogens is 1. The van der Waals surface area contributed by atoms with Crippen LogP contribution in [-0.4, -0.2) is 44.7 Å². The van der Waals surface area contributed by atoms with Gasteiger partial charge in [0.15, 0.2) is 0 Å². The monoisotopic (exact) mass is 510 g/mol. The summed E-state index contributed by atoms with van der Waals surface area (Å²) in [6.07, 6.45) is 2.78. The minimum absolute atomic E-state index is 0.148. The molecule has 35 heavy (non-hydrogen) atoms. The van der Waals surface area contributed by atoms with Crippen LogP contribution in [0.2, 0.25) is 10.1 Å². The van der Waals surface area contributed by atoms with Gasteiger partial charge in [-0.25, -0.2) is 4.98 Å². The van der Waals surface area contributed by atoms with Crippen molar-refractivity contribution >= 4 is 36.0 Å². The lowest BCUT2D eigenvalue weighted by Crippen LogP contribution is -2.66. The normalized spacial score (nSPS) is 15.3. The van der Waals surface area contributed by atoms with E-state index in [1.54, 1.807) is 13.3 Å². The number of methoxy groups -OCH3 is 1. The Labute approximate surface area is 214 Å². The fraction of sp³-hybridized carbons (Fsp3) is 0.393. The highest BCUT2D eigenvalue weighted by molar-refractivity contribution is 6.99. The van der Waals surface area contributed by atoms with E-state index >= 15 is 0 Å². The van der Waals surface area contributed by atoms with Crippen LogP contribution in [0.5, 0.6) is 5.88 Å². The van der Waals surface area contributed by atoms with E-state index < -0.39 is 8.32 Å². The molecule has 1 aliphatic rings. The standard InChI is InChI=1S/C28H35ClN2O3Si/c1-28(2,3)35(22-11-7-5-8-12-22,23-13-9-6-10-14-23)34-20-24-26(25(29)19-30-27(24)33-4)31-17-15-21(32)16-18-31/h5-14,19,21,32H,15-18,20H2,1-4H3. The fourth-order valence-electron chi connectivity index (χ4n) is 5.18. The van der Waals surface area contributed by atoms with Crippen molar-refractivity contribution in [3.8, 4) is 5.88 Å².